The molecule has 0 atom stereocenters. The molecule has 0 aliphatic rings. The van der Waals surface area contributed by atoms with E-state index in [0.717, 1.165) is 0 Å². The predicted octanol–water partition coefficient (Wildman–Crippen LogP) is 4.93. The molecule has 0 saturated carbocycles. The molecule has 0 aliphatic heterocycles. The Kier molecular flexibility index (Phi) is 4.58. The third-order valence-electron chi connectivity index (χ3n) is 1.34. The van der Waals surface area contributed by atoms with E-state index in [9.17, 15) is 0 Å². The Balaban J connectivity index is 2.91. The fourth-order valence-corrected chi connectivity index (χ4v) is 1.86. The summed E-state index contributed by atoms with van der Waals surface area (Å²) in [5.74, 6) is 0.415. The maximum Gasteiger partial charge on any atom is 0.157 e. The number of halogens is 4. The molecule has 0 heterocycles. The van der Waals surface area contributed by atoms with Gasteiger partial charge < -0.3 is 4.74 Å². The molecular weight excluding hydrogens is 310 g/mol. The third-order valence-corrected chi connectivity index (χ3v) is 2.34. The van der Waals surface area contributed by atoms with Crippen LogP contribution in [0, 0.1) is 0 Å². The normalized spacial score (nSPS) is 10.0. The van der Waals surface area contributed by atoms with Crippen LogP contribution in [0.2, 0.25) is 15.1 Å². The highest BCUT2D eigenvalue weighted by Crippen LogP contribution is 2.36. The van der Waals surface area contributed by atoms with E-state index in [1.165, 1.54) is 0 Å². The van der Waals surface area contributed by atoms with Crippen molar-refractivity contribution in [3.63, 3.8) is 0 Å². The van der Waals surface area contributed by atoms with Gasteiger partial charge in [0, 0.05) is 9.51 Å². The summed E-state index contributed by atoms with van der Waals surface area (Å²) in [4.78, 5) is 0. The van der Waals surface area contributed by atoms with Crippen LogP contribution in [0.4, 0.5) is 0 Å². The Morgan fingerprint density at radius 3 is 2.21 bits per heavy atom. The molecule has 0 amide bonds. The SMILES string of the molecule is C=C(Br)COc1c(Cl)cc(Cl)cc1Cl. The number of benzene rings is 1. The maximum atomic E-state index is 5.88. The Morgan fingerprint density at radius 1 is 1.29 bits per heavy atom. The molecule has 5 heteroatoms. The summed E-state index contributed by atoms with van der Waals surface area (Å²) in [6.45, 7) is 3.93. The standard InChI is InChI=1S/C9H6BrCl3O/c1-5(10)4-14-9-7(12)2-6(11)3-8(9)13/h2-3H,1,4H2. The highest BCUT2D eigenvalue weighted by molar-refractivity contribution is 9.11. The first-order valence-electron chi connectivity index (χ1n) is 3.61. The van der Waals surface area contributed by atoms with Gasteiger partial charge in [0.2, 0.25) is 0 Å². The highest BCUT2D eigenvalue weighted by atomic mass is 79.9. The first-order valence-corrected chi connectivity index (χ1v) is 5.54. The van der Waals surface area contributed by atoms with E-state index in [4.69, 9.17) is 39.5 Å². The average molecular weight is 316 g/mol. The Bertz CT molecular complexity index is 342. The number of hydrogen-bond donors (Lipinski definition) is 0. The smallest absolute Gasteiger partial charge is 0.157 e. The molecule has 1 aromatic rings. The van der Waals surface area contributed by atoms with Crippen LogP contribution in [0.15, 0.2) is 23.2 Å². The van der Waals surface area contributed by atoms with Gasteiger partial charge in [0.15, 0.2) is 5.75 Å². The van der Waals surface area contributed by atoms with Crippen molar-refractivity contribution in [3.8, 4) is 5.75 Å². The minimum atomic E-state index is 0.307. The van der Waals surface area contributed by atoms with Crippen molar-refractivity contribution in [2.75, 3.05) is 6.61 Å². The molecule has 0 saturated heterocycles. The maximum absolute atomic E-state index is 5.88. The molecular formula is C9H6BrCl3O. The second-order valence-corrected chi connectivity index (χ2v) is 4.88. The molecule has 0 N–H and O–H groups in total. The zero-order valence-electron chi connectivity index (χ0n) is 6.99. The fourth-order valence-electron chi connectivity index (χ4n) is 0.817. The zero-order valence-corrected chi connectivity index (χ0v) is 10.8. The summed E-state index contributed by atoms with van der Waals surface area (Å²) in [7, 11) is 0. The summed E-state index contributed by atoms with van der Waals surface area (Å²) in [5, 5.41) is 1.25. The molecule has 76 valence electrons. The van der Waals surface area contributed by atoms with E-state index in [1.807, 2.05) is 0 Å². The molecule has 0 aromatic heterocycles. The Morgan fingerprint density at radius 2 is 1.79 bits per heavy atom. The monoisotopic (exact) mass is 314 g/mol. The third kappa shape index (κ3) is 3.35. The molecule has 0 radical (unpaired) electrons. The first-order chi connectivity index (χ1) is 6.50. The predicted molar refractivity (Wildman–Crippen MR) is 65.0 cm³/mol. The number of rotatable bonds is 3. The molecule has 1 nitrogen and oxygen atoms in total. The van der Waals surface area contributed by atoms with Gasteiger partial charge in [0.1, 0.15) is 6.61 Å². The van der Waals surface area contributed by atoms with Crippen LogP contribution in [0.25, 0.3) is 0 Å². The molecule has 1 rings (SSSR count). The second-order valence-electron chi connectivity index (χ2n) is 2.50. The van der Waals surface area contributed by atoms with Gasteiger partial charge in [0.05, 0.1) is 10.0 Å². The molecule has 14 heavy (non-hydrogen) atoms. The topological polar surface area (TPSA) is 9.23 Å². The van der Waals surface area contributed by atoms with Crippen molar-refractivity contribution >= 4 is 50.7 Å². The van der Waals surface area contributed by atoms with Gasteiger partial charge in [-0.25, -0.2) is 0 Å². The van der Waals surface area contributed by atoms with Gasteiger partial charge in [-0.3, -0.25) is 0 Å². The van der Waals surface area contributed by atoms with E-state index in [0.29, 0.717) is 31.9 Å². The summed E-state index contributed by atoms with van der Waals surface area (Å²) in [6, 6.07) is 3.14. The van der Waals surface area contributed by atoms with Crippen molar-refractivity contribution in [2.45, 2.75) is 0 Å². The van der Waals surface area contributed by atoms with Gasteiger partial charge in [0.25, 0.3) is 0 Å². The van der Waals surface area contributed by atoms with Crippen molar-refractivity contribution in [1.29, 1.82) is 0 Å². The first kappa shape index (κ1) is 12.2. The van der Waals surface area contributed by atoms with E-state index >= 15 is 0 Å². The van der Waals surface area contributed by atoms with Crippen LogP contribution in [0.1, 0.15) is 0 Å². The zero-order chi connectivity index (χ0) is 10.7. The molecule has 0 unspecified atom stereocenters. The second kappa shape index (κ2) is 5.26. The lowest BCUT2D eigenvalue weighted by Gasteiger charge is -2.09. The van der Waals surface area contributed by atoms with E-state index < -0.39 is 0 Å². The lowest BCUT2D eigenvalue weighted by Crippen LogP contribution is -1.97. The van der Waals surface area contributed by atoms with Crippen LogP contribution in [-0.2, 0) is 0 Å². The largest absolute Gasteiger partial charge is 0.485 e. The summed E-state index contributed by atoms with van der Waals surface area (Å²) < 4.78 is 6.02. The minimum Gasteiger partial charge on any atom is -0.485 e. The van der Waals surface area contributed by atoms with Gasteiger partial charge in [-0.15, -0.1) is 0 Å². The van der Waals surface area contributed by atoms with Gasteiger partial charge in [-0.05, 0) is 12.1 Å². The molecule has 0 fully saturated rings. The van der Waals surface area contributed by atoms with Crippen LogP contribution in [0.5, 0.6) is 5.75 Å². The van der Waals surface area contributed by atoms with Gasteiger partial charge in [-0.2, -0.15) is 0 Å². The number of ether oxygens (including phenoxy) is 1. The summed E-state index contributed by atoms with van der Waals surface area (Å²) >= 11 is 20.7. The molecule has 0 aliphatic carbocycles. The van der Waals surface area contributed by atoms with Crippen LogP contribution >= 0.6 is 50.7 Å². The lowest BCUT2D eigenvalue weighted by atomic mass is 10.3. The van der Waals surface area contributed by atoms with Crippen molar-refractivity contribution in [3.05, 3.63) is 38.3 Å². The van der Waals surface area contributed by atoms with Crippen LogP contribution in [-0.4, -0.2) is 6.61 Å². The Hall–Kier alpha value is 0.110. The van der Waals surface area contributed by atoms with Gasteiger partial charge in [-0.1, -0.05) is 57.3 Å². The number of hydrogen-bond acceptors (Lipinski definition) is 1. The molecule has 0 bridgehead atoms. The van der Waals surface area contributed by atoms with E-state index in [-0.39, 0.29) is 0 Å². The van der Waals surface area contributed by atoms with E-state index in [1.54, 1.807) is 12.1 Å². The minimum absolute atomic E-state index is 0.307. The van der Waals surface area contributed by atoms with Crippen molar-refractivity contribution < 1.29 is 4.74 Å². The van der Waals surface area contributed by atoms with Crippen LogP contribution in [0.3, 0.4) is 0 Å². The molecule has 0 spiro atoms. The fraction of sp³-hybridized carbons (Fsp3) is 0.111. The summed E-state index contributed by atoms with van der Waals surface area (Å²) in [5.41, 5.74) is 0. The van der Waals surface area contributed by atoms with Crippen molar-refractivity contribution in [2.24, 2.45) is 0 Å². The summed E-state index contributed by atoms with van der Waals surface area (Å²) in [6.07, 6.45) is 0. The lowest BCUT2D eigenvalue weighted by molar-refractivity contribution is 0.361. The van der Waals surface area contributed by atoms with E-state index in [2.05, 4.69) is 22.5 Å². The van der Waals surface area contributed by atoms with Crippen LogP contribution < -0.4 is 4.74 Å². The average Bonchev–Trinajstić information content (AvgIpc) is 2.01. The molecule has 1 aromatic carbocycles. The Labute approximate surface area is 106 Å². The quantitative estimate of drug-likeness (QED) is 0.768. The van der Waals surface area contributed by atoms with Gasteiger partial charge >= 0.3 is 0 Å². The highest BCUT2D eigenvalue weighted by Gasteiger charge is 2.08. The van der Waals surface area contributed by atoms with Crippen molar-refractivity contribution in [1.82, 2.24) is 0 Å².